The Morgan fingerprint density at radius 1 is 1.20 bits per heavy atom. The Morgan fingerprint density at radius 3 is 1.67 bits per heavy atom. The molecule has 0 aromatic heterocycles. The van der Waals surface area contributed by atoms with Crippen LogP contribution < -0.4 is 0 Å². The molecular formula is C7H17F2O5P. The van der Waals surface area contributed by atoms with Crippen molar-refractivity contribution in [3.8, 4) is 0 Å². The first-order chi connectivity index (χ1) is 6.81. The Labute approximate surface area is 87.7 Å². The van der Waals surface area contributed by atoms with Crippen LogP contribution in [0.3, 0.4) is 0 Å². The first-order valence-corrected chi connectivity index (χ1v) is 5.81. The zero-order valence-electron chi connectivity index (χ0n) is 8.73. The summed E-state index contributed by atoms with van der Waals surface area (Å²) in [5.41, 5.74) is 0. The molecular weight excluding hydrogens is 233 g/mol. The molecule has 0 unspecified atom stereocenters. The average molecular weight is 250 g/mol. The topological polar surface area (TPSA) is 76.0 Å². The molecule has 5 nitrogen and oxygen atoms in total. The van der Waals surface area contributed by atoms with Crippen molar-refractivity contribution < 1.29 is 32.4 Å². The second-order valence-corrected chi connectivity index (χ2v) is 3.28. The molecule has 0 rings (SSSR count). The highest BCUT2D eigenvalue weighted by atomic mass is 31.2. The lowest BCUT2D eigenvalue weighted by molar-refractivity contribution is -0.0132. The van der Waals surface area contributed by atoms with Crippen LogP contribution in [0.2, 0.25) is 0 Å². The van der Waals surface area contributed by atoms with Gasteiger partial charge in [0.1, 0.15) is 6.10 Å². The van der Waals surface area contributed by atoms with E-state index < -0.39 is 14.1 Å². The molecule has 8 heteroatoms. The van der Waals surface area contributed by atoms with Gasteiger partial charge in [0.05, 0.1) is 13.2 Å². The van der Waals surface area contributed by atoms with Crippen molar-refractivity contribution in [2.75, 3.05) is 26.4 Å². The van der Waals surface area contributed by atoms with Crippen LogP contribution in [0, 0.1) is 0 Å². The molecule has 0 saturated heterocycles. The van der Waals surface area contributed by atoms with Crippen molar-refractivity contribution in [1.29, 1.82) is 0 Å². The minimum atomic E-state index is -5.64. The van der Waals surface area contributed by atoms with Gasteiger partial charge in [-0.15, -0.1) is 8.39 Å². The smallest absolute Gasteiger partial charge is 0.388 e. The maximum absolute atomic E-state index is 10.1. The number of halogens is 2. The molecule has 0 spiro atoms. The lowest BCUT2D eigenvalue weighted by Gasteiger charge is -2.09. The van der Waals surface area contributed by atoms with Crippen molar-refractivity contribution in [3.05, 3.63) is 0 Å². The summed E-state index contributed by atoms with van der Waals surface area (Å²) in [6.07, 6.45) is -0.472. The van der Waals surface area contributed by atoms with Gasteiger partial charge in [-0.3, -0.25) is 4.89 Å². The fraction of sp³-hybridized carbons (Fsp3) is 1.00. The molecule has 94 valence electrons. The summed E-state index contributed by atoms with van der Waals surface area (Å²) in [5.74, 6) is 0. The third kappa shape index (κ3) is 31.5. The third-order valence-corrected chi connectivity index (χ3v) is 1.03. The molecule has 0 bridgehead atoms. The van der Waals surface area contributed by atoms with Gasteiger partial charge in [-0.05, 0) is 13.8 Å². The van der Waals surface area contributed by atoms with Gasteiger partial charge in [0.15, 0.2) is 0 Å². The first kappa shape index (κ1) is 17.3. The largest absolute Gasteiger partial charge is 0.549 e. The van der Waals surface area contributed by atoms with E-state index in [0.717, 1.165) is 0 Å². The number of hydrogen-bond donors (Lipinski definition) is 2. The van der Waals surface area contributed by atoms with E-state index in [4.69, 9.17) is 24.0 Å². The summed E-state index contributed by atoms with van der Waals surface area (Å²) in [7, 11) is -5.64. The van der Waals surface area contributed by atoms with E-state index in [-0.39, 0.29) is 0 Å². The van der Waals surface area contributed by atoms with Gasteiger partial charge in [-0.1, -0.05) is 0 Å². The molecule has 0 saturated carbocycles. The maximum Gasteiger partial charge on any atom is 0.549 e. The number of hydrogen-bond acceptors (Lipinski definition) is 4. The highest BCUT2D eigenvalue weighted by Gasteiger charge is 2.09. The van der Waals surface area contributed by atoms with Crippen LogP contribution in [-0.4, -0.2) is 42.5 Å². The zero-order chi connectivity index (χ0) is 12.3. The summed E-state index contributed by atoms with van der Waals surface area (Å²) >= 11 is 0. The molecule has 0 aliphatic rings. The molecule has 0 aliphatic carbocycles. The van der Waals surface area contributed by atoms with Crippen molar-refractivity contribution in [3.63, 3.8) is 0 Å². The summed E-state index contributed by atoms with van der Waals surface area (Å²) in [5, 5.41) is 9.06. The molecule has 0 aliphatic heterocycles. The number of ether oxygens (including phenoxy) is 2. The van der Waals surface area contributed by atoms with Crippen LogP contribution in [0.25, 0.3) is 0 Å². The predicted octanol–water partition coefficient (Wildman–Crippen LogP) is 1.45. The second-order valence-electron chi connectivity index (χ2n) is 2.41. The van der Waals surface area contributed by atoms with Crippen LogP contribution in [0.1, 0.15) is 13.8 Å². The lowest BCUT2D eigenvalue weighted by atomic mass is 10.4. The second kappa shape index (κ2) is 10.4. The molecule has 0 amide bonds. The minimum absolute atomic E-state index is 0.372. The quantitative estimate of drug-likeness (QED) is 0.698. The van der Waals surface area contributed by atoms with Gasteiger partial charge >= 0.3 is 7.99 Å². The van der Waals surface area contributed by atoms with E-state index in [9.17, 15) is 8.39 Å². The SMILES string of the molecule is CCOCC(O)COCC.O=P(O)(F)F. The fourth-order valence-electron chi connectivity index (χ4n) is 0.556. The van der Waals surface area contributed by atoms with Gasteiger partial charge in [-0.2, -0.15) is 0 Å². The van der Waals surface area contributed by atoms with Crippen LogP contribution in [-0.2, 0) is 14.0 Å². The highest BCUT2D eigenvalue weighted by molar-refractivity contribution is 7.46. The van der Waals surface area contributed by atoms with Gasteiger partial charge < -0.3 is 14.6 Å². The van der Waals surface area contributed by atoms with Crippen molar-refractivity contribution in [2.45, 2.75) is 20.0 Å². The standard InChI is InChI=1S/C7H16O3.F2HO2P/c1-3-9-5-7(8)6-10-4-2;1-5(2,3)4/h7-8H,3-6H2,1-2H3;(H,3,4). The zero-order valence-corrected chi connectivity index (χ0v) is 9.62. The maximum atomic E-state index is 10.1. The fourth-order valence-corrected chi connectivity index (χ4v) is 0.556. The summed E-state index contributed by atoms with van der Waals surface area (Å²) in [4.78, 5) is 6.74. The monoisotopic (exact) mass is 250 g/mol. The van der Waals surface area contributed by atoms with E-state index in [0.29, 0.717) is 26.4 Å². The Hall–Kier alpha value is -0.0700. The molecule has 0 fully saturated rings. The minimum Gasteiger partial charge on any atom is -0.388 e. The van der Waals surface area contributed by atoms with Crippen LogP contribution in [0.15, 0.2) is 0 Å². The number of aliphatic hydroxyl groups excluding tert-OH is 1. The first-order valence-electron chi connectivity index (χ1n) is 4.36. The van der Waals surface area contributed by atoms with Gasteiger partial charge in [0.2, 0.25) is 0 Å². The number of aliphatic hydroxyl groups is 1. The van der Waals surface area contributed by atoms with Crippen molar-refractivity contribution in [2.24, 2.45) is 0 Å². The van der Waals surface area contributed by atoms with E-state index in [2.05, 4.69) is 0 Å². The Balaban J connectivity index is 0. The number of rotatable bonds is 6. The van der Waals surface area contributed by atoms with Gasteiger partial charge in [-0.25, -0.2) is 4.57 Å². The Kier molecular flexibility index (Phi) is 12.1. The summed E-state index contributed by atoms with van der Waals surface area (Å²) < 4.78 is 38.6. The van der Waals surface area contributed by atoms with Crippen LogP contribution in [0.5, 0.6) is 0 Å². The van der Waals surface area contributed by atoms with E-state index in [1.165, 1.54) is 0 Å². The lowest BCUT2D eigenvalue weighted by Crippen LogP contribution is -2.21. The normalized spacial score (nSPS) is 11.1. The Bertz CT molecular complexity index is 158. The molecule has 2 N–H and O–H groups in total. The van der Waals surface area contributed by atoms with E-state index in [1.807, 2.05) is 13.8 Å². The van der Waals surface area contributed by atoms with Crippen molar-refractivity contribution >= 4 is 7.99 Å². The predicted molar refractivity (Wildman–Crippen MR) is 51.0 cm³/mol. The average Bonchev–Trinajstić information content (AvgIpc) is 2.08. The molecule has 0 aromatic carbocycles. The van der Waals surface area contributed by atoms with Gasteiger partial charge in [0, 0.05) is 13.2 Å². The molecule has 0 radical (unpaired) electrons. The molecule has 0 aromatic rings. The van der Waals surface area contributed by atoms with Crippen LogP contribution >= 0.6 is 7.99 Å². The van der Waals surface area contributed by atoms with E-state index >= 15 is 0 Å². The highest BCUT2D eigenvalue weighted by Crippen LogP contribution is 2.43. The third-order valence-electron chi connectivity index (χ3n) is 1.03. The van der Waals surface area contributed by atoms with Gasteiger partial charge in [0.25, 0.3) is 0 Å². The molecule has 0 atom stereocenters. The Morgan fingerprint density at radius 2 is 1.47 bits per heavy atom. The van der Waals surface area contributed by atoms with E-state index in [1.54, 1.807) is 0 Å². The van der Waals surface area contributed by atoms with Crippen LogP contribution in [0.4, 0.5) is 8.39 Å². The summed E-state index contributed by atoms with van der Waals surface area (Å²) in [6.45, 7) is 5.82. The molecule has 0 heterocycles. The summed E-state index contributed by atoms with van der Waals surface area (Å²) in [6, 6.07) is 0. The van der Waals surface area contributed by atoms with Crippen molar-refractivity contribution in [1.82, 2.24) is 0 Å². The molecule has 15 heavy (non-hydrogen) atoms.